The van der Waals surface area contributed by atoms with Gasteiger partial charge in [0.25, 0.3) is 0 Å². The summed E-state index contributed by atoms with van der Waals surface area (Å²) in [6.45, 7) is 6.71. The summed E-state index contributed by atoms with van der Waals surface area (Å²) in [5.74, 6) is 0.837. The van der Waals surface area contributed by atoms with Gasteiger partial charge in [-0.2, -0.15) is 0 Å². The molecule has 0 atom stereocenters. The van der Waals surface area contributed by atoms with Crippen molar-refractivity contribution in [2.45, 2.75) is 33.2 Å². The Morgan fingerprint density at radius 1 is 1.47 bits per heavy atom. The summed E-state index contributed by atoms with van der Waals surface area (Å²) in [6.07, 6.45) is 2.32. The Kier molecular flexibility index (Phi) is 5.36. The molecule has 0 aromatic carbocycles. The minimum atomic E-state index is 0.195. The second-order valence-corrected chi connectivity index (χ2v) is 3.78. The van der Waals surface area contributed by atoms with E-state index in [-0.39, 0.29) is 6.61 Å². The van der Waals surface area contributed by atoms with Gasteiger partial charge in [0.05, 0.1) is 12.3 Å². The van der Waals surface area contributed by atoms with E-state index in [0.717, 1.165) is 31.0 Å². The van der Waals surface area contributed by atoms with Gasteiger partial charge in [-0.25, -0.2) is 0 Å². The predicted octanol–water partition coefficient (Wildman–Crippen LogP) is 1.58. The summed E-state index contributed by atoms with van der Waals surface area (Å²) in [5, 5.41) is 12.9. The Hall–Kier alpha value is -0.870. The molecule has 1 aromatic heterocycles. The van der Waals surface area contributed by atoms with E-state index in [0.29, 0.717) is 6.54 Å². The topological polar surface area (TPSA) is 49.5 Å². The van der Waals surface area contributed by atoms with Crippen LogP contribution in [0.5, 0.6) is 0 Å². The first kappa shape index (κ1) is 12.2. The van der Waals surface area contributed by atoms with Gasteiger partial charge in [0, 0.05) is 19.2 Å². The minimum Gasteiger partial charge on any atom is -0.395 e. The number of rotatable bonds is 7. The zero-order valence-corrected chi connectivity index (χ0v) is 9.57. The first-order valence-corrected chi connectivity index (χ1v) is 5.51. The molecule has 15 heavy (non-hydrogen) atoms. The molecule has 0 saturated carbocycles. The monoisotopic (exact) mass is 212 g/mol. The van der Waals surface area contributed by atoms with Crippen molar-refractivity contribution in [3.05, 3.63) is 17.5 Å². The van der Waals surface area contributed by atoms with Crippen LogP contribution in [0.1, 0.15) is 31.2 Å². The van der Waals surface area contributed by atoms with Gasteiger partial charge in [0.15, 0.2) is 0 Å². The number of aromatic nitrogens is 1. The number of aryl methyl sites for hydroxylation is 1. The molecule has 0 aliphatic carbocycles. The van der Waals surface area contributed by atoms with E-state index in [1.807, 2.05) is 13.0 Å². The maximum absolute atomic E-state index is 8.93. The fourth-order valence-corrected chi connectivity index (χ4v) is 1.51. The Morgan fingerprint density at radius 3 is 2.80 bits per heavy atom. The van der Waals surface area contributed by atoms with Crippen molar-refractivity contribution in [2.24, 2.45) is 0 Å². The number of hydrogen-bond donors (Lipinski definition) is 1. The van der Waals surface area contributed by atoms with Crippen LogP contribution in [0.4, 0.5) is 0 Å². The average Bonchev–Trinajstić information content (AvgIpc) is 2.61. The second kappa shape index (κ2) is 6.58. The van der Waals surface area contributed by atoms with Crippen LogP contribution in [0.25, 0.3) is 0 Å². The molecule has 86 valence electrons. The van der Waals surface area contributed by atoms with Crippen LogP contribution in [0.2, 0.25) is 0 Å². The molecule has 0 aliphatic heterocycles. The van der Waals surface area contributed by atoms with Crippen LogP contribution >= 0.6 is 0 Å². The molecule has 0 fully saturated rings. The summed E-state index contributed by atoms with van der Waals surface area (Å²) >= 11 is 0. The average molecular weight is 212 g/mol. The van der Waals surface area contributed by atoms with Crippen molar-refractivity contribution in [3.8, 4) is 0 Å². The summed E-state index contributed by atoms with van der Waals surface area (Å²) in [7, 11) is 0. The highest BCUT2D eigenvalue weighted by Gasteiger charge is 2.07. The van der Waals surface area contributed by atoms with Crippen LogP contribution in [0.3, 0.4) is 0 Å². The molecule has 0 saturated heterocycles. The Bertz CT molecular complexity index is 273. The van der Waals surface area contributed by atoms with Crippen LogP contribution in [0.15, 0.2) is 10.6 Å². The molecule has 1 rings (SSSR count). The molecule has 0 amide bonds. The van der Waals surface area contributed by atoms with Gasteiger partial charge in [0.2, 0.25) is 0 Å². The van der Waals surface area contributed by atoms with Crippen LogP contribution < -0.4 is 0 Å². The Labute approximate surface area is 90.9 Å². The van der Waals surface area contributed by atoms with Crippen molar-refractivity contribution in [3.63, 3.8) is 0 Å². The lowest BCUT2D eigenvalue weighted by molar-refractivity contribution is 0.185. The molecular formula is C11H20N2O2. The number of unbranched alkanes of at least 4 members (excludes halogenated alkanes) is 1. The summed E-state index contributed by atoms with van der Waals surface area (Å²) in [6, 6.07) is 1.94. The summed E-state index contributed by atoms with van der Waals surface area (Å²) in [4.78, 5) is 2.20. The highest BCUT2D eigenvalue weighted by atomic mass is 16.5. The van der Waals surface area contributed by atoms with Gasteiger partial charge in [-0.05, 0) is 19.9 Å². The van der Waals surface area contributed by atoms with E-state index in [9.17, 15) is 0 Å². The quantitative estimate of drug-likeness (QED) is 0.745. The minimum absolute atomic E-state index is 0.195. The van der Waals surface area contributed by atoms with E-state index < -0.39 is 0 Å². The molecule has 1 aromatic rings. The van der Waals surface area contributed by atoms with Gasteiger partial charge < -0.3 is 9.63 Å². The standard InChI is InChI=1S/C11H20N2O2/c1-3-4-5-13(6-7-14)9-11-8-10(2)15-12-11/h8,14H,3-7,9H2,1-2H3. The van der Waals surface area contributed by atoms with Crippen molar-refractivity contribution >= 4 is 0 Å². The maximum Gasteiger partial charge on any atom is 0.133 e. The molecular weight excluding hydrogens is 192 g/mol. The van der Waals surface area contributed by atoms with Crippen LogP contribution in [-0.4, -0.2) is 34.9 Å². The zero-order valence-electron chi connectivity index (χ0n) is 9.57. The molecule has 1 N–H and O–H groups in total. The number of hydrogen-bond acceptors (Lipinski definition) is 4. The van der Waals surface area contributed by atoms with Crippen molar-refractivity contribution in [1.82, 2.24) is 10.1 Å². The van der Waals surface area contributed by atoms with Crippen molar-refractivity contribution in [2.75, 3.05) is 19.7 Å². The lowest BCUT2D eigenvalue weighted by Crippen LogP contribution is -2.27. The molecule has 4 heteroatoms. The van der Waals surface area contributed by atoms with Crippen molar-refractivity contribution in [1.29, 1.82) is 0 Å². The number of nitrogens with zero attached hydrogens (tertiary/aromatic N) is 2. The molecule has 0 unspecified atom stereocenters. The normalized spacial score (nSPS) is 11.2. The maximum atomic E-state index is 8.93. The summed E-state index contributed by atoms with van der Waals surface area (Å²) < 4.78 is 5.01. The molecule has 0 aliphatic rings. The molecule has 0 radical (unpaired) electrons. The SMILES string of the molecule is CCCCN(CCO)Cc1cc(C)on1. The Balaban J connectivity index is 2.42. The van der Waals surface area contributed by atoms with E-state index in [4.69, 9.17) is 9.63 Å². The third-order valence-electron chi connectivity index (χ3n) is 2.31. The molecule has 0 bridgehead atoms. The third kappa shape index (κ3) is 4.44. The van der Waals surface area contributed by atoms with E-state index >= 15 is 0 Å². The number of aliphatic hydroxyl groups excluding tert-OH is 1. The zero-order chi connectivity index (χ0) is 11.1. The lowest BCUT2D eigenvalue weighted by Gasteiger charge is -2.19. The highest BCUT2D eigenvalue weighted by Crippen LogP contribution is 2.06. The Morgan fingerprint density at radius 2 is 2.27 bits per heavy atom. The third-order valence-corrected chi connectivity index (χ3v) is 2.31. The highest BCUT2D eigenvalue weighted by molar-refractivity contribution is 5.03. The van der Waals surface area contributed by atoms with E-state index in [1.54, 1.807) is 0 Å². The first-order valence-electron chi connectivity index (χ1n) is 5.51. The fraction of sp³-hybridized carbons (Fsp3) is 0.727. The van der Waals surface area contributed by atoms with E-state index in [2.05, 4.69) is 17.0 Å². The van der Waals surface area contributed by atoms with Gasteiger partial charge in [-0.3, -0.25) is 4.90 Å². The lowest BCUT2D eigenvalue weighted by atomic mass is 10.3. The van der Waals surface area contributed by atoms with E-state index in [1.165, 1.54) is 6.42 Å². The smallest absolute Gasteiger partial charge is 0.133 e. The number of aliphatic hydroxyl groups is 1. The van der Waals surface area contributed by atoms with Crippen molar-refractivity contribution < 1.29 is 9.63 Å². The van der Waals surface area contributed by atoms with Gasteiger partial charge in [0.1, 0.15) is 5.76 Å². The van der Waals surface area contributed by atoms with Crippen LogP contribution in [-0.2, 0) is 6.54 Å². The van der Waals surface area contributed by atoms with Crippen LogP contribution in [0, 0.1) is 6.92 Å². The summed E-state index contributed by atoms with van der Waals surface area (Å²) in [5.41, 5.74) is 0.942. The van der Waals surface area contributed by atoms with Gasteiger partial charge >= 0.3 is 0 Å². The first-order chi connectivity index (χ1) is 7.26. The molecule has 1 heterocycles. The molecule has 4 nitrogen and oxygen atoms in total. The predicted molar refractivity (Wildman–Crippen MR) is 58.5 cm³/mol. The molecule has 0 spiro atoms. The fourth-order valence-electron chi connectivity index (χ4n) is 1.51. The largest absolute Gasteiger partial charge is 0.395 e. The second-order valence-electron chi connectivity index (χ2n) is 3.78. The van der Waals surface area contributed by atoms with Gasteiger partial charge in [-0.1, -0.05) is 18.5 Å². The van der Waals surface area contributed by atoms with Gasteiger partial charge in [-0.15, -0.1) is 0 Å².